The average molecular weight is 520 g/mol. The van der Waals surface area contributed by atoms with Crippen molar-refractivity contribution in [1.29, 1.82) is 10.5 Å². The molecule has 1 amide bonds. The van der Waals surface area contributed by atoms with Crippen LogP contribution < -0.4 is 4.90 Å². The Morgan fingerprint density at radius 2 is 1.92 bits per heavy atom. The molecule has 6 radical (unpaired) electrons. The molecule has 190 valence electrons. The summed E-state index contributed by atoms with van der Waals surface area (Å²) in [6.07, 6.45) is 0.428. The Balaban J connectivity index is 1.55. The second kappa shape index (κ2) is 9.99. The van der Waals surface area contributed by atoms with Crippen LogP contribution in [-0.4, -0.2) is 86.2 Å². The van der Waals surface area contributed by atoms with Gasteiger partial charge in [-0.1, -0.05) is 12.1 Å². The number of halogens is 2. The number of nitriles is 2. The Hall–Kier alpha value is -3.93. The summed E-state index contributed by atoms with van der Waals surface area (Å²) in [6.45, 7) is 2.59. The molecule has 0 N–H and O–H groups in total. The Kier molecular flexibility index (Phi) is 6.83. The first-order chi connectivity index (χ1) is 18.5. The van der Waals surface area contributed by atoms with Crippen LogP contribution in [0.3, 0.4) is 0 Å². The summed E-state index contributed by atoms with van der Waals surface area (Å²) in [5.41, 5.74) is 2.81. The minimum Gasteiger partial charge on any atom is -0.352 e. The monoisotopic (exact) mass is 520 g/mol. The maximum Gasteiger partial charge on any atom is 0.263 e. The molecule has 39 heavy (non-hydrogen) atoms. The van der Waals surface area contributed by atoms with E-state index in [9.17, 15) is 18.8 Å². The van der Waals surface area contributed by atoms with Gasteiger partial charge in [-0.15, -0.1) is 0 Å². The summed E-state index contributed by atoms with van der Waals surface area (Å²) < 4.78 is 27.5. The molecule has 14 heteroatoms. The van der Waals surface area contributed by atoms with Crippen molar-refractivity contribution in [2.45, 2.75) is 43.4 Å². The average Bonchev–Trinajstić information content (AvgIpc) is 3.64. The van der Waals surface area contributed by atoms with Crippen LogP contribution in [-0.2, 0) is 10.0 Å². The Morgan fingerprint density at radius 1 is 1.18 bits per heavy atom. The highest BCUT2D eigenvalue weighted by Crippen LogP contribution is 2.46. The number of amides is 1. The quantitative estimate of drug-likeness (QED) is 0.456. The lowest BCUT2D eigenvalue weighted by atomic mass is 9.49. The fourth-order valence-electron chi connectivity index (χ4n) is 5.13. The third-order valence-electron chi connectivity index (χ3n) is 7.15. The fraction of sp³-hybridized carbons (Fsp3) is 0.440. The van der Waals surface area contributed by atoms with Gasteiger partial charge in [0.1, 0.15) is 23.9 Å². The molecule has 3 heterocycles. The van der Waals surface area contributed by atoms with Gasteiger partial charge < -0.3 is 9.80 Å². The molecule has 5 rings (SSSR count). The zero-order valence-corrected chi connectivity index (χ0v) is 21.1. The van der Waals surface area contributed by atoms with E-state index in [4.69, 9.17) is 28.8 Å². The molecular weight excluding hydrogens is 499 g/mol. The third-order valence-corrected chi connectivity index (χ3v) is 7.15. The van der Waals surface area contributed by atoms with Crippen LogP contribution in [0.25, 0.3) is 22.2 Å². The molecule has 2 aliphatic rings. The molecule has 9 nitrogen and oxygen atoms in total. The Labute approximate surface area is 228 Å². The van der Waals surface area contributed by atoms with Gasteiger partial charge in [0, 0.05) is 42.7 Å². The van der Waals surface area contributed by atoms with E-state index in [2.05, 4.69) is 15.1 Å². The maximum atomic E-state index is 13.2. The molecule has 0 spiro atoms. The van der Waals surface area contributed by atoms with Gasteiger partial charge in [0.25, 0.3) is 6.43 Å². The van der Waals surface area contributed by atoms with Gasteiger partial charge in [-0.3, -0.25) is 9.48 Å². The number of rotatable bonds is 6. The van der Waals surface area contributed by atoms with E-state index < -0.39 is 29.5 Å². The normalized spacial score (nSPS) is 18.7. The number of fused-ring (bicyclic) bond motifs is 1. The SMILES string of the molecule is [B]C([B])([B])n1nc(-c2ccc(C3CC3)c3c(N4CCN(C(=O)C(C#N)C(F)F)C(C)C4)ncnc23)cc1C#N. The molecule has 2 aromatic heterocycles. The smallest absolute Gasteiger partial charge is 0.263 e. The van der Waals surface area contributed by atoms with E-state index in [1.807, 2.05) is 23.1 Å². The molecule has 1 aromatic carbocycles. The van der Waals surface area contributed by atoms with Crippen molar-refractivity contribution in [2.24, 2.45) is 5.92 Å². The summed E-state index contributed by atoms with van der Waals surface area (Å²) in [5, 5.41) is 22.0. The highest BCUT2D eigenvalue weighted by molar-refractivity contribution is 6.56. The van der Waals surface area contributed by atoms with Crippen molar-refractivity contribution in [3.8, 4) is 23.4 Å². The van der Waals surface area contributed by atoms with Crippen molar-refractivity contribution in [1.82, 2.24) is 24.6 Å². The number of aromatic nitrogens is 4. The van der Waals surface area contributed by atoms with E-state index in [0.717, 1.165) is 28.5 Å². The Bertz CT molecular complexity index is 1520. The maximum absolute atomic E-state index is 13.2. The molecule has 1 saturated carbocycles. The van der Waals surface area contributed by atoms with E-state index in [1.54, 1.807) is 6.92 Å². The van der Waals surface area contributed by atoms with Crippen molar-refractivity contribution in [3.05, 3.63) is 35.8 Å². The van der Waals surface area contributed by atoms with Gasteiger partial charge in [-0.2, -0.15) is 15.6 Å². The largest absolute Gasteiger partial charge is 0.352 e. The van der Waals surface area contributed by atoms with Crippen molar-refractivity contribution in [3.63, 3.8) is 0 Å². The minimum atomic E-state index is -3.05. The molecule has 0 bridgehead atoms. The number of piperazine rings is 1. The number of carbonyl (C=O) groups is 1. The lowest BCUT2D eigenvalue weighted by Gasteiger charge is -2.41. The van der Waals surface area contributed by atoms with Crippen molar-refractivity contribution < 1.29 is 13.6 Å². The lowest BCUT2D eigenvalue weighted by Crippen LogP contribution is -2.56. The van der Waals surface area contributed by atoms with Gasteiger partial charge in [0.2, 0.25) is 5.91 Å². The summed E-state index contributed by atoms with van der Waals surface area (Å²) in [5.74, 6) is -1.87. The molecule has 1 aliphatic carbocycles. The molecule has 2 unspecified atom stereocenters. The first-order valence-electron chi connectivity index (χ1n) is 12.4. The second-order valence-corrected chi connectivity index (χ2v) is 9.99. The van der Waals surface area contributed by atoms with E-state index >= 15 is 0 Å². The molecule has 1 saturated heterocycles. The number of nitrogens with zero attached hydrogens (tertiary/aromatic N) is 8. The highest BCUT2D eigenvalue weighted by Gasteiger charge is 2.38. The molecule has 3 aromatic rings. The van der Waals surface area contributed by atoms with Gasteiger partial charge >= 0.3 is 0 Å². The predicted molar refractivity (Wildman–Crippen MR) is 141 cm³/mol. The number of anilines is 1. The summed E-state index contributed by atoms with van der Waals surface area (Å²) in [4.78, 5) is 25.2. The molecular formula is C25H21B3F2N8O. The number of hydrogen-bond acceptors (Lipinski definition) is 7. The van der Waals surface area contributed by atoms with Crippen LogP contribution in [0.5, 0.6) is 0 Å². The van der Waals surface area contributed by atoms with Gasteiger partial charge in [0.05, 0.1) is 40.8 Å². The number of benzene rings is 1. The molecule has 1 aliphatic heterocycles. The third kappa shape index (κ3) is 4.84. The topological polar surface area (TPSA) is 115 Å². The van der Waals surface area contributed by atoms with Gasteiger partial charge in [-0.25, -0.2) is 18.7 Å². The number of hydrogen-bond donors (Lipinski definition) is 0. The first kappa shape index (κ1) is 26.7. The molecule has 2 fully saturated rings. The highest BCUT2D eigenvalue weighted by atomic mass is 19.3. The standard InChI is InChI=1S/C25H21B3F2N8O/c1-13-11-36(6-7-37(13)24(39)18(10-32)22(29)30)23-20-16(14-2-3-14)4-5-17(21(20)33-12-34-23)19-8-15(9-31)38(35-19)25(26,27)28/h4-5,8,12-14,18,22H,2-3,6-7,11H2,1H3. The van der Waals surface area contributed by atoms with Crippen molar-refractivity contribution >= 4 is 46.2 Å². The van der Waals surface area contributed by atoms with Crippen LogP contribution in [0, 0.1) is 28.6 Å². The zero-order valence-electron chi connectivity index (χ0n) is 21.1. The van der Waals surface area contributed by atoms with Crippen LogP contribution >= 0.6 is 0 Å². The van der Waals surface area contributed by atoms with Crippen LogP contribution in [0.1, 0.15) is 36.9 Å². The van der Waals surface area contributed by atoms with E-state index in [1.165, 1.54) is 23.4 Å². The molecule has 2 atom stereocenters. The van der Waals surface area contributed by atoms with Crippen LogP contribution in [0.4, 0.5) is 14.6 Å². The van der Waals surface area contributed by atoms with Gasteiger partial charge in [0.15, 0.2) is 5.92 Å². The summed E-state index contributed by atoms with van der Waals surface area (Å²) >= 11 is 0. The van der Waals surface area contributed by atoms with Crippen molar-refractivity contribution in [2.75, 3.05) is 24.5 Å². The van der Waals surface area contributed by atoms with E-state index in [0.29, 0.717) is 41.6 Å². The fourth-order valence-corrected chi connectivity index (χ4v) is 5.13. The van der Waals surface area contributed by atoms with Crippen LogP contribution in [0.15, 0.2) is 24.5 Å². The minimum absolute atomic E-state index is 0.0836. The number of alkyl halides is 2. The lowest BCUT2D eigenvalue weighted by molar-refractivity contribution is -0.140. The number of carbonyl (C=O) groups excluding carboxylic acids is 1. The van der Waals surface area contributed by atoms with Crippen LogP contribution in [0.2, 0.25) is 0 Å². The first-order valence-corrected chi connectivity index (χ1v) is 12.4. The van der Waals surface area contributed by atoms with Gasteiger partial charge in [-0.05, 0) is 36.5 Å². The second-order valence-electron chi connectivity index (χ2n) is 9.99. The summed E-state index contributed by atoms with van der Waals surface area (Å²) in [6, 6.07) is 8.42. The van der Waals surface area contributed by atoms with E-state index in [-0.39, 0.29) is 12.2 Å². The summed E-state index contributed by atoms with van der Waals surface area (Å²) in [7, 11) is 17.4. The predicted octanol–water partition coefficient (Wildman–Crippen LogP) is 1.76. The Morgan fingerprint density at radius 3 is 2.49 bits per heavy atom. The zero-order chi connectivity index (χ0) is 28.1.